The van der Waals surface area contributed by atoms with Crippen LogP contribution >= 0.6 is 0 Å². The molecule has 0 N–H and O–H groups in total. The van der Waals surface area contributed by atoms with Crippen LogP contribution in [-0.2, 0) is 26.0 Å². The zero-order chi connectivity index (χ0) is 19.3. The molecule has 1 aromatic rings. The lowest BCUT2D eigenvalue weighted by molar-refractivity contribution is -0.136. The predicted molar refractivity (Wildman–Crippen MR) is 101 cm³/mol. The van der Waals surface area contributed by atoms with Gasteiger partial charge in [-0.15, -0.1) is 0 Å². The first-order chi connectivity index (χ1) is 12.2. The molecule has 0 saturated carbocycles. The molecule has 0 spiro atoms. The largest absolute Gasteiger partial charge is 0.338 e. The average Bonchev–Trinajstić information content (AvgIpc) is 2.92. The van der Waals surface area contributed by atoms with E-state index in [-0.39, 0.29) is 48.4 Å². The molecule has 1 aromatic carbocycles. The number of nitrogens with zero attached hydrogens (tertiary/aromatic N) is 2. The zero-order valence-electron chi connectivity index (χ0n) is 15.7. The maximum Gasteiger partial charge on any atom is 0.224 e. The molecule has 1 unspecified atom stereocenters. The summed E-state index contributed by atoms with van der Waals surface area (Å²) in [5.74, 6) is -0.102. The first-order valence-corrected chi connectivity index (χ1v) is 10.8. The van der Waals surface area contributed by atoms with Gasteiger partial charge in [-0.2, -0.15) is 0 Å². The van der Waals surface area contributed by atoms with Gasteiger partial charge in [-0.3, -0.25) is 9.59 Å². The van der Waals surface area contributed by atoms with Gasteiger partial charge in [0.15, 0.2) is 9.84 Å². The van der Waals surface area contributed by atoms with E-state index in [4.69, 9.17) is 0 Å². The number of benzene rings is 1. The van der Waals surface area contributed by atoms with E-state index in [1.807, 2.05) is 44.2 Å². The molecule has 0 aliphatic carbocycles. The minimum Gasteiger partial charge on any atom is -0.338 e. The van der Waals surface area contributed by atoms with Gasteiger partial charge in [-0.1, -0.05) is 30.3 Å². The number of carbonyl (C=O) groups is 2. The van der Waals surface area contributed by atoms with Gasteiger partial charge in [-0.05, 0) is 25.8 Å². The maximum absolute atomic E-state index is 12.7. The minimum atomic E-state index is -3.07. The Hall–Kier alpha value is -1.89. The van der Waals surface area contributed by atoms with E-state index < -0.39 is 9.84 Å². The van der Waals surface area contributed by atoms with Crippen LogP contribution in [0.4, 0.5) is 0 Å². The van der Waals surface area contributed by atoms with E-state index in [1.54, 1.807) is 9.80 Å². The summed E-state index contributed by atoms with van der Waals surface area (Å²) in [4.78, 5) is 28.0. The van der Waals surface area contributed by atoms with Crippen molar-refractivity contribution in [1.82, 2.24) is 9.80 Å². The van der Waals surface area contributed by atoms with Crippen LogP contribution in [0.15, 0.2) is 30.3 Å². The summed E-state index contributed by atoms with van der Waals surface area (Å²) in [5, 5.41) is 0. The number of hydrogen-bond acceptors (Lipinski definition) is 4. The van der Waals surface area contributed by atoms with Crippen LogP contribution in [-0.4, -0.2) is 60.2 Å². The highest BCUT2D eigenvalue weighted by atomic mass is 32.2. The van der Waals surface area contributed by atoms with Gasteiger partial charge in [-0.25, -0.2) is 8.42 Å². The maximum atomic E-state index is 12.7. The lowest BCUT2D eigenvalue weighted by atomic mass is 10.1. The number of amides is 2. The molecular formula is C19H28N2O4S. The second kappa shape index (κ2) is 8.66. The van der Waals surface area contributed by atoms with Crippen molar-refractivity contribution in [2.24, 2.45) is 0 Å². The molecule has 2 rings (SSSR count). The third-order valence-corrected chi connectivity index (χ3v) is 6.51. The standard InChI is InChI=1S/C19H28N2O4S/c1-15(2)21(13-17-7-5-4-6-8-17)19(23)9-11-20(16(3)22)18-10-12-26(24,25)14-18/h4-8,15,18H,9-14H2,1-3H3. The highest BCUT2D eigenvalue weighted by Gasteiger charge is 2.33. The fourth-order valence-corrected chi connectivity index (χ4v) is 5.05. The van der Waals surface area contributed by atoms with Gasteiger partial charge in [0.1, 0.15) is 0 Å². The number of sulfone groups is 1. The molecule has 1 heterocycles. The zero-order valence-corrected chi connectivity index (χ0v) is 16.5. The van der Waals surface area contributed by atoms with Crippen molar-refractivity contribution < 1.29 is 18.0 Å². The summed E-state index contributed by atoms with van der Waals surface area (Å²) in [6, 6.07) is 9.51. The van der Waals surface area contributed by atoms with Crippen LogP contribution in [0.5, 0.6) is 0 Å². The minimum absolute atomic E-state index is 0.00131. The van der Waals surface area contributed by atoms with E-state index in [0.29, 0.717) is 13.0 Å². The molecule has 144 valence electrons. The number of rotatable bonds is 7. The summed E-state index contributed by atoms with van der Waals surface area (Å²) >= 11 is 0. The third-order valence-electron chi connectivity index (χ3n) is 4.76. The highest BCUT2D eigenvalue weighted by Crippen LogP contribution is 2.19. The van der Waals surface area contributed by atoms with Crippen molar-refractivity contribution in [1.29, 1.82) is 0 Å². The molecular weight excluding hydrogens is 352 g/mol. The van der Waals surface area contributed by atoms with E-state index in [2.05, 4.69) is 0 Å². The second-order valence-corrected chi connectivity index (χ2v) is 9.35. The van der Waals surface area contributed by atoms with Gasteiger partial charge < -0.3 is 9.80 Å². The van der Waals surface area contributed by atoms with Gasteiger partial charge in [0, 0.05) is 38.5 Å². The Morgan fingerprint density at radius 2 is 1.85 bits per heavy atom. The molecule has 1 fully saturated rings. The van der Waals surface area contributed by atoms with E-state index in [9.17, 15) is 18.0 Å². The molecule has 1 aliphatic heterocycles. The van der Waals surface area contributed by atoms with Crippen molar-refractivity contribution >= 4 is 21.7 Å². The van der Waals surface area contributed by atoms with Crippen molar-refractivity contribution in [3.8, 4) is 0 Å². The highest BCUT2D eigenvalue weighted by molar-refractivity contribution is 7.91. The Bertz CT molecular complexity index is 731. The average molecular weight is 381 g/mol. The van der Waals surface area contributed by atoms with Crippen LogP contribution in [0.2, 0.25) is 0 Å². The Labute approximate surface area is 156 Å². The molecule has 0 bridgehead atoms. The first kappa shape index (κ1) is 20.4. The van der Waals surface area contributed by atoms with Gasteiger partial charge in [0.2, 0.25) is 11.8 Å². The van der Waals surface area contributed by atoms with E-state index in [1.165, 1.54) is 6.92 Å². The third kappa shape index (κ3) is 5.56. The second-order valence-electron chi connectivity index (χ2n) is 7.12. The van der Waals surface area contributed by atoms with Crippen LogP contribution in [0.3, 0.4) is 0 Å². The summed E-state index contributed by atoms with van der Waals surface area (Å²) in [6.45, 7) is 6.14. The molecule has 2 amide bonds. The molecule has 6 nitrogen and oxygen atoms in total. The Kier molecular flexibility index (Phi) is 6.81. The normalized spacial score (nSPS) is 18.7. The van der Waals surface area contributed by atoms with Crippen LogP contribution in [0, 0.1) is 0 Å². The Balaban J connectivity index is 2.00. The van der Waals surface area contributed by atoms with Crippen LogP contribution in [0.1, 0.15) is 39.2 Å². The molecule has 26 heavy (non-hydrogen) atoms. The van der Waals surface area contributed by atoms with Crippen molar-refractivity contribution in [3.63, 3.8) is 0 Å². The molecule has 0 radical (unpaired) electrons. The molecule has 1 atom stereocenters. The number of carbonyl (C=O) groups excluding carboxylic acids is 2. The lowest BCUT2D eigenvalue weighted by Gasteiger charge is -2.30. The molecule has 1 saturated heterocycles. The fraction of sp³-hybridized carbons (Fsp3) is 0.579. The SMILES string of the molecule is CC(=O)N(CCC(=O)N(Cc1ccccc1)C(C)C)C1CCS(=O)(=O)C1. The Morgan fingerprint density at radius 3 is 2.35 bits per heavy atom. The monoisotopic (exact) mass is 380 g/mol. The lowest BCUT2D eigenvalue weighted by Crippen LogP contribution is -2.43. The fourth-order valence-electron chi connectivity index (χ4n) is 3.32. The van der Waals surface area contributed by atoms with E-state index in [0.717, 1.165) is 5.56 Å². The van der Waals surface area contributed by atoms with Gasteiger partial charge in [0.25, 0.3) is 0 Å². The molecule has 7 heteroatoms. The van der Waals surface area contributed by atoms with Crippen molar-refractivity contribution in [2.45, 2.75) is 52.2 Å². The molecule has 0 aromatic heterocycles. The summed E-state index contributed by atoms with van der Waals surface area (Å²) in [7, 11) is -3.07. The van der Waals surface area contributed by atoms with Crippen LogP contribution in [0.25, 0.3) is 0 Å². The van der Waals surface area contributed by atoms with E-state index >= 15 is 0 Å². The first-order valence-electron chi connectivity index (χ1n) is 9.00. The summed E-state index contributed by atoms with van der Waals surface area (Å²) in [5.41, 5.74) is 1.06. The quantitative estimate of drug-likeness (QED) is 0.723. The van der Waals surface area contributed by atoms with Crippen molar-refractivity contribution in [2.75, 3.05) is 18.1 Å². The Morgan fingerprint density at radius 1 is 1.19 bits per heavy atom. The number of hydrogen-bond donors (Lipinski definition) is 0. The van der Waals surface area contributed by atoms with Gasteiger partial charge in [0.05, 0.1) is 11.5 Å². The summed E-state index contributed by atoms with van der Waals surface area (Å²) in [6.07, 6.45) is 0.648. The summed E-state index contributed by atoms with van der Waals surface area (Å²) < 4.78 is 23.4. The molecule has 1 aliphatic rings. The van der Waals surface area contributed by atoms with Crippen LogP contribution < -0.4 is 0 Å². The van der Waals surface area contributed by atoms with Crippen molar-refractivity contribution in [3.05, 3.63) is 35.9 Å². The predicted octanol–water partition coefficient (Wildman–Crippen LogP) is 1.85. The topological polar surface area (TPSA) is 74.8 Å². The smallest absolute Gasteiger partial charge is 0.224 e. The van der Waals surface area contributed by atoms with Gasteiger partial charge >= 0.3 is 0 Å².